The van der Waals surface area contributed by atoms with Gasteiger partial charge in [-0.1, -0.05) is 0 Å². The van der Waals surface area contributed by atoms with Gasteiger partial charge in [-0.3, -0.25) is 9.69 Å². The number of piperidine rings is 1. The predicted molar refractivity (Wildman–Crippen MR) is 90.9 cm³/mol. The van der Waals surface area contributed by atoms with Crippen LogP contribution in [0.1, 0.15) is 25.0 Å². The van der Waals surface area contributed by atoms with Crippen molar-refractivity contribution in [2.75, 3.05) is 27.2 Å². The molecule has 24 heavy (non-hydrogen) atoms. The van der Waals surface area contributed by atoms with Gasteiger partial charge in [-0.2, -0.15) is 0 Å². The summed E-state index contributed by atoms with van der Waals surface area (Å²) in [4.78, 5) is 13.7. The second-order valence-electron chi connectivity index (χ2n) is 6.50. The zero-order valence-corrected chi connectivity index (χ0v) is 14.2. The summed E-state index contributed by atoms with van der Waals surface area (Å²) in [5.41, 5.74) is -0.142. The van der Waals surface area contributed by atoms with E-state index < -0.39 is 5.60 Å². The Hall–Kier alpha value is -2.05. The minimum atomic E-state index is -0.965. The predicted octanol–water partition coefficient (Wildman–Crippen LogP) is 1.90. The van der Waals surface area contributed by atoms with Crippen LogP contribution in [-0.4, -0.2) is 48.8 Å². The highest BCUT2D eigenvalue weighted by molar-refractivity contribution is 5.79. The normalized spacial score (nSPS) is 21.8. The van der Waals surface area contributed by atoms with Crippen molar-refractivity contribution in [1.29, 1.82) is 0 Å². The minimum Gasteiger partial charge on any atom is -0.497 e. The van der Waals surface area contributed by atoms with Crippen molar-refractivity contribution in [1.82, 2.24) is 10.2 Å². The monoisotopic (exact) mass is 332 g/mol. The number of benzene rings is 1. The molecule has 6 nitrogen and oxygen atoms in total. The third-order valence-corrected chi connectivity index (χ3v) is 4.56. The quantitative estimate of drug-likeness (QED) is 0.875. The van der Waals surface area contributed by atoms with Gasteiger partial charge >= 0.3 is 0 Å². The maximum Gasteiger partial charge on any atom is 0.222 e. The molecule has 6 heteroatoms. The molecule has 130 valence electrons. The van der Waals surface area contributed by atoms with Crippen LogP contribution in [0.25, 0.3) is 11.0 Å². The van der Waals surface area contributed by atoms with Crippen LogP contribution in [0.15, 0.2) is 28.7 Å². The van der Waals surface area contributed by atoms with E-state index in [1.807, 2.05) is 24.3 Å². The Bertz CT molecular complexity index is 727. The number of aliphatic hydroxyl groups is 1. The molecule has 1 fully saturated rings. The number of nitrogens with zero attached hydrogens (tertiary/aromatic N) is 1. The van der Waals surface area contributed by atoms with Crippen LogP contribution in [0, 0.1) is 0 Å². The first-order valence-electron chi connectivity index (χ1n) is 8.23. The number of carbonyl (C=O) groups excluding carboxylic acids is 1. The Labute approximate surface area is 141 Å². The van der Waals surface area contributed by atoms with Crippen molar-refractivity contribution in [3.05, 3.63) is 30.0 Å². The van der Waals surface area contributed by atoms with Crippen molar-refractivity contribution >= 4 is 16.9 Å². The van der Waals surface area contributed by atoms with E-state index >= 15 is 0 Å². The number of hydrogen-bond acceptors (Lipinski definition) is 5. The Balaban J connectivity index is 1.70. The highest BCUT2D eigenvalue weighted by atomic mass is 16.5. The molecule has 1 saturated heterocycles. The molecule has 0 saturated carbocycles. The molecule has 2 aromatic rings. The average molecular weight is 332 g/mol. The standard InChI is InChI=1S/C18H24N2O4/c1-19-17(21)10-18(22)6-3-7-20(12-18)11-15-9-13-8-14(23-2)4-5-16(13)24-15/h4-5,8-9,22H,3,6-7,10-12H2,1-2H3,(H,19,21). The van der Waals surface area contributed by atoms with E-state index in [4.69, 9.17) is 9.15 Å². The summed E-state index contributed by atoms with van der Waals surface area (Å²) in [6, 6.07) is 7.72. The van der Waals surface area contributed by atoms with Gasteiger partial charge in [0.15, 0.2) is 0 Å². The van der Waals surface area contributed by atoms with Gasteiger partial charge in [0, 0.05) is 19.0 Å². The summed E-state index contributed by atoms with van der Waals surface area (Å²) in [7, 11) is 3.23. The maximum atomic E-state index is 11.6. The lowest BCUT2D eigenvalue weighted by Gasteiger charge is -2.38. The Morgan fingerprint density at radius 1 is 1.46 bits per heavy atom. The van der Waals surface area contributed by atoms with E-state index in [0.29, 0.717) is 19.5 Å². The molecule has 1 aromatic carbocycles. The number of amides is 1. The van der Waals surface area contributed by atoms with Gasteiger partial charge in [0.1, 0.15) is 17.1 Å². The smallest absolute Gasteiger partial charge is 0.222 e. The average Bonchev–Trinajstić information content (AvgIpc) is 2.95. The molecule has 1 aliphatic rings. The number of nitrogens with one attached hydrogen (secondary N) is 1. The third-order valence-electron chi connectivity index (χ3n) is 4.56. The maximum absolute atomic E-state index is 11.6. The number of methoxy groups -OCH3 is 1. The molecule has 1 aromatic heterocycles. The summed E-state index contributed by atoms with van der Waals surface area (Å²) < 4.78 is 11.1. The molecule has 2 N–H and O–H groups in total. The summed E-state index contributed by atoms with van der Waals surface area (Å²) in [6.07, 6.45) is 1.65. The topological polar surface area (TPSA) is 74.9 Å². The summed E-state index contributed by atoms with van der Waals surface area (Å²) in [6.45, 7) is 1.98. The van der Waals surface area contributed by atoms with Gasteiger partial charge in [-0.15, -0.1) is 0 Å². The zero-order chi connectivity index (χ0) is 17.2. The molecule has 0 aliphatic carbocycles. The van der Waals surface area contributed by atoms with Crippen LogP contribution in [0.4, 0.5) is 0 Å². The molecule has 1 unspecified atom stereocenters. The molecule has 1 aliphatic heterocycles. The molecule has 1 amide bonds. The van der Waals surface area contributed by atoms with Crippen LogP contribution >= 0.6 is 0 Å². The van der Waals surface area contributed by atoms with Crippen LogP contribution in [-0.2, 0) is 11.3 Å². The molecule has 3 rings (SSSR count). The van der Waals surface area contributed by atoms with Crippen molar-refractivity contribution in [3.8, 4) is 5.75 Å². The van der Waals surface area contributed by atoms with Gasteiger partial charge in [0.2, 0.25) is 5.91 Å². The van der Waals surface area contributed by atoms with E-state index in [-0.39, 0.29) is 12.3 Å². The lowest BCUT2D eigenvalue weighted by Crippen LogP contribution is -2.49. The van der Waals surface area contributed by atoms with Crippen LogP contribution in [0.5, 0.6) is 5.75 Å². The van der Waals surface area contributed by atoms with Crippen molar-refractivity contribution in [2.45, 2.75) is 31.4 Å². The number of β-amino-alcohol motifs (C(OH)–C–C–N with tert-alkyl or cyclic N) is 1. The van der Waals surface area contributed by atoms with Crippen molar-refractivity contribution in [2.24, 2.45) is 0 Å². The number of carbonyl (C=O) groups is 1. The minimum absolute atomic E-state index is 0.129. The first-order valence-corrected chi connectivity index (χ1v) is 8.23. The highest BCUT2D eigenvalue weighted by Gasteiger charge is 2.35. The Morgan fingerprint density at radius 2 is 2.29 bits per heavy atom. The van der Waals surface area contributed by atoms with Crippen LogP contribution < -0.4 is 10.1 Å². The van der Waals surface area contributed by atoms with Gasteiger partial charge in [-0.05, 0) is 43.7 Å². The Morgan fingerprint density at radius 3 is 3.04 bits per heavy atom. The molecule has 2 heterocycles. The number of furan rings is 1. The number of fused-ring (bicyclic) bond motifs is 1. The molecule has 0 spiro atoms. The highest BCUT2D eigenvalue weighted by Crippen LogP contribution is 2.28. The molecular formula is C18H24N2O4. The molecular weight excluding hydrogens is 308 g/mol. The zero-order valence-electron chi connectivity index (χ0n) is 14.2. The SMILES string of the molecule is CNC(=O)CC1(O)CCCN(Cc2cc3cc(OC)ccc3o2)C1. The lowest BCUT2D eigenvalue weighted by atomic mass is 9.89. The summed E-state index contributed by atoms with van der Waals surface area (Å²) >= 11 is 0. The van der Waals surface area contributed by atoms with E-state index in [0.717, 1.165) is 35.4 Å². The van der Waals surface area contributed by atoms with E-state index in [2.05, 4.69) is 10.2 Å². The molecule has 0 radical (unpaired) electrons. The second-order valence-corrected chi connectivity index (χ2v) is 6.50. The fourth-order valence-electron chi connectivity index (χ4n) is 3.37. The summed E-state index contributed by atoms with van der Waals surface area (Å²) in [5, 5.41) is 14.3. The fourth-order valence-corrected chi connectivity index (χ4v) is 3.37. The number of hydrogen-bond donors (Lipinski definition) is 2. The number of ether oxygens (including phenoxy) is 1. The number of likely N-dealkylation sites (tertiary alicyclic amines) is 1. The first-order chi connectivity index (χ1) is 11.5. The molecule has 0 bridgehead atoms. The van der Waals surface area contributed by atoms with Crippen molar-refractivity contribution < 1.29 is 19.1 Å². The van der Waals surface area contributed by atoms with Gasteiger partial charge in [-0.25, -0.2) is 0 Å². The number of rotatable bonds is 5. The van der Waals surface area contributed by atoms with E-state index in [1.54, 1.807) is 14.2 Å². The van der Waals surface area contributed by atoms with Crippen LogP contribution in [0.2, 0.25) is 0 Å². The van der Waals surface area contributed by atoms with E-state index in [1.165, 1.54) is 0 Å². The summed E-state index contributed by atoms with van der Waals surface area (Å²) in [5.74, 6) is 1.52. The first kappa shape index (κ1) is 16.8. The van der Waals surface area contributed by atoms with E-state index in [9.17, 15) is 9.90 Å². The van der Waals surface area contributed by atoms with Crippen LogP contribution in [0.3, 0.4) is 0 Å². The van der Waals surface area contributed by atoms with Gasteiger partial charge in [0.05, 0.1) is 25.7 Å². The largest absolute Gasteiger partial charge is 0.497 e. The lowest BCUT2D eigenvalue weighted by molar-refractivity contribution is -0.128. The fraction of sp³-hybridized carbons (Fsp3) is 0.500. The molecule has 1 atom stereocenters. The van der Waals surface area contributed by atoms with Gasteiger partial charge in [0.25, 0.3) is 0 Å². The van der Waals surface area contributed by atoms with Crippen molar-refractivity contribution in [3.63, 3.8) is 0 Å². The Kier molecular flexibility index (Phi) is 4.78. The third kappa shape index (κ3) is 3.71. The second kappa shape index (κ2) is 6.83. The van der Waals surface area contributed by atoms with Gasteiger partial charge < -0.3 is 19.6 Å².